The van der Waals surface area contributed by atoms with Crippen LogP contribution in [0.15, 0.2) is 48.7 Å². The maximum absolute atomic E-state index is 12.3. The molecule has 3 nitrogen and oxygen atoms in total. The number of carbonyl (C=O) groups is 1. The van der Waals surface area contributed by atoms with Gasteiger partial charge in [-0.1, -0.05) is 23.7 Å². The number of amides is 1. The van der Waals surface area contributed by atoms with E-state index in [4.69, 9.17) is 11.6 Å². The largest absolute Gasteiger partial charge is 0.361 e. The number of aromatic nitrogens is 1. The van der Waals surface area contributed by atoms with Crippen LogP contribution < -0.4 is 5.32 Å². The maximum Gasteiger partial charge on any atom is 0.255 e. The number of nitrogens with one attached hydrogen (secondary N) is 2. The average Bonchev–Trinajstić information content (AvgIpc) is 2.90. The van der Waals surface area contributed by atoms with Crippen LogP contribution in [0.25, 0.3) is 10.9 Å². The Bertz CT molecular complexity index is 792. The number of halogens is 1. The zero-order chi connectivity index (χ0) is 14.1. The fourth-order valence-corrected chi connectivity index (χ4v) is 2.28. The van der Waals surface area contributed by atoms with Gasteiger partial charge < -0.3 is 10.3 Å². The number of aryl methyl sites for hydroxylation is 1. The van der Waals surface area contributed by atoms with Gasteiger partial charge in [0.05, 0.1) is 10.7 Å². The summed E-state index contributed by atoms with van der Waals surface area (Å²) in [6.45, 7) is 1.96. The van der Waals surface area contributed by atoms with Gasteiger partial charge in [-0.05, 0) is 48.2 Å². The van der Waals surface area contributed by atoms with Crippen LogP contribution in [0.1, 0.15) is 15.9 Å². The van der Waals surface area contributed by atoms with Crippen LogP contribution >= 0.6 is 11.6 Å². The van der Waals surface area contributed by atoms with Crippen molar-refractivity contribution in [3.8, 4) is 0 Å². The third-order valence-corrected chi connectivity index (χ3v) is 3.52. The van der Waals surface area contributed by atoms with Gasteiger partial charge in [0.25, 0.3) is 5.91 Å². The molecule has 4 heteroatoms. The monoisotopic (exact) mass is 284 g/mol. The second kappa shape index (κ2) is 5.02. The highest BCUT2D eigenvalue weighted by molar-refractivity contribution is 6.34. The van der Waals surface area contributed by atoms with E-state index in [0.29, 0.717) is 16.3 Å². The molecule has 1 amide bonds. The molecular formula is C16H13ClN2O. The average molecular weight is 285 g/mol. The molecule has 2 aromatic carbocycles. The normalized spacial score (nSPS) is 10.7. The first kappa shape index (κ1) is 12.8. The second-order valence-corrected chi connectivity index (χ2v) is 5.12. The van der Waals surface area contributed by atoms with Crippen LogP contribution in [-0.4, -0.2) is 10.9 Å². The highest BCUT2D eigenvalue weighted by Crippen LogP contribution is 2.23. The fraction of sp³-hybridized carbons (Fsp3) is 0.0625. The van der Waals surface area contributed by atoms with Crippen LogP contribution in [0.2, 0.25) is 5.02 Å². The molecule has 20 heavy (non-hydrogen) atoms. The summed E-state index contributed by atoms with van der Waals surface area (Å²) >= 11 is 6.08. The minimum Gasteiger partial charge on any atom is -0.361 e. The summed E-state index contributed by atoms with van der Waals surface area (Å²) in [5.41, 5.74) is 3.21. The van der Waals surface area contributed by atoms with Crippen molar-refractivity contribution in [3.63, 3.8) is 0 Å². The maximum atomic E-state index is 12.3. The Morgan fingerprint density at radius 2 is 2.00 bits per heavy atom. The highest BCUT2D eigenvalue weighted by atomic mass is 35.5. The number of H-pyrrole nitrogens is 1. The number of fused-ring (bicyclic) bond motifs is 1. The standard InChI is InChI=1S/C16H13ClN2O/c1-10-2-5-13(17)15(8-10)19-16(20)12-4-3-11-6-7-18-14(11)9-12/h2-9,18H,1H3,(H,19,20). The lowest BCUT2D eigenvalue weighted by atomic mass is 10.1. The molecule has 1 heterocycles. The van der Waals surface area contributed by atoms with Crippen LogP contribution in [-0.2, 0) is 0 Å². The van der Waals surface area contributed by atoms with Gasteiger partial charge in [0.2, 0.25) is 0 Å². The summed E-state index contributed by atoms with van der Waals surface area (Å²) < 4.78 is 0. The molecule has 2 N–H and O–H groups in total. The van der Waals surface area contributed by atoms with Crippen molar-refractivity contribution in [2.75, 3.05) is 5.32 Å². The Hall–Kier alpha value is -2.26. The molecular weight excluding hydrogens is 272 g/mol. The summed E-state index contributed by atoms with van der Waals surface area (Å²) in [4.78, 5) is 15.4. The summed E-state index contributed by atoms with van der Waals surface area (Å²) in [5.74, 6) is -0.172. The number of carbonyl (C=O) groups excluding carboxylic acids is 1. The van der Waals surface area contributed by atoms with Gasteiger partial charge in [0.1, 0.15) is 0 Å². The predicted octanol–water partition coefficient (Wildman–Crippen LogP) is 4.38. The molecule has 0 fully saturated rings. The molecule has 0 bridgehead atoms. The van der Waals surface area contributed by atoms with Gasteiger partial charge in [0.15, 0.2) is 0 Å². The van der Waals surface area contributed by atoms with Crippen LogP contribution in [0, 0.1) is 6.92 Å². The van der Waals surface area contributed by atoms with Crippen molar-refractivity contribution in [2.45, 2.75) is 6.92 Å². The van der Waals surface area contributed by atoms with E-state index in [1.54, 1.807) is 12.1 Å². The van der Waals surface area contributed by atoms with E-state index in [2.05, 4.69) is 10.3 Å². The molecule has 0 atom stereocenters. The SMILES string of the molecule is Cc1ccc(Cl)c(NC(=O)c2ccc3cc[nH]c3c2)c1. The summed E-state index contributed by atoms with van der Waals surface area (Å²) in [5, 5.41) is 4.45. The van der Waals surface area contributed by atoms with Gasteiger partial charge in [-0.15, -0.1) is 0 Å². The molecule has 0 unspecified atom stereocenters. The molecule has 0 radical (unpaired) electrons. The minimum absolute atomic E-state index is 0.172. The quantitative estimate of drug-likeness (QED) is 0.720. The smallest absolute Gasteiger partial charge is 0.255 e. The van der Waals surface area contributed by atoms with Crippen molar-refractivity contribution in [1.82, 2.24) is 4.98 Å². The first-order valence-electron chi connectivity index (χ1n) is 6.28. The third kappa shape index (κ3) is 2.40. The van der Waals surface area contributed by atoms with E-state index < -0.39 is 0 Å². The van der Waals surface area contributed by atoms with Crippen molar-refractivity contribution >= 4 is 34.1 Å². The fourth-order valence-electron chi connectivity index (χ4n) is 2.12. The van der Waals surface area contributed by atoms with Gasteiger partial charge in [0, 0.05) is 17.3 Å². The number of anilines is 1. The zero-order valence-corrected chi connectivity index (χ0v) is 11.7. The summed E-state index contributed by atoms with van der Waals surface area (Å²) in [6.07, 6.45) is 1.85. The van der Waals surface area contributed by atoms with E-state index in [1.165, 1.54) is 0 Å². The van der Waals surface area contributed by atoms with Crippen molar-refractivity contribution in [2.24, 2.45) is 0 Å². The lowest BCUT2D eigenvalue weighted by Gasteiger charge is -2.08. The molecule has 0 aliphatic carbocycles. The van der Waals surface area contributed by atoms with Crippen molar-refractivity contribution in [1.29, 1.82) is 0 Å². The van der Waals surface area contributed by atoms with E-state index in [0.717, 1.165) is 16.5 Å². The molecule has 0 saturated carbocycles. The second-order valence-electron chi connectivity index (χ2n) is 4.72. The van der Waals surface area contributed by atoms with Gasteiger partial charge >= 0.3 is 0 Å². The Morgan fingerprint density at radius 3 is 2.85 bits per heavy atom. The highest BCUT2D eigenvalue weighted by Gasteiger charge is 2.09. The topological polar surface area (TPSA) is 44.9 Å². The minimum atomic E-state index is -0.172. The number of benzene rings is 2. The lowest BCUT2D eigenvalue weighted by molar-refractivity contribution is 0.102. The molecule has 0 saturated heterocycles. The van der Waals surface area contributed by atoms with Crippen LogP contribution in [0.3, 0.4) is 0 Å². The zero-order valence-electron chi connectivity index (χ0n) is 10.9. The first-order valence-corrected chi connectivity index (χ1v) is 6.66. The van der Waals surface area contributed by atoms with E-state index in [-0.39, 0.29) is 5.91 Å². The summed E-state index contributed by atoms with van der Waals surface area (Å²) in [7, 11) is 0. The lowest BCUT2D eigenvalue weighted by Crippen LogP contribution is -2.12. The number of aromatic amines is 1. The molecule has 0 spiro atoms. The Morgan fingerprint density at radius 1 is 1.15 bits per heavy atom. The van der Waals surface area contributed by atoms with Crippen LogP contribution in [0.5, 0.6) is 0 Å². The van der Waals surface area contributed by atoms with Gasteiger partial charge in [-0.25, -0.2) is 0 Å². The Kier molecular flexibility index (Phi) is 3.20. The number of rotatable bonds is 2. The van der Waals surface area contributed by atoms with Crippen molar-refractivity contribution in [3.05, 3.63) is 64.8 Å². The van der Waals surface area contributed by atoms with Gasteiger partial charge in [-0.3, -0.25) is 4.79 Å². The molecule has 100 valence electrons. The molecule has 1 aromatic heterocycles. The molecule has 3 aromatic rings. The Labute approximate surface area is 121 Å². The Balaban J connectivity index is 1.90. The molecule has 3 rings (SSSR count). The predicted molar refractivity (Wildman–Crippen MR) is 82.4 cm³/mol. The third-order valence-electron chi connectivity index (χ3n) is 3.19. The number of hydrogen-bond donors (Lipinski definition) is 2. The van der Waals surface area contributed by atoms with Gasteiger partial charge in [-0.2, -0.15) is 0 Å². The molecule has 0 aliphatic heterocycles. The molecule has 0 aliphatic rings. The van der Waals surface area contributed by atoms with Crippen LogP contribution in [0.4, 0.5) is 5.69 Å². The summed E-state index contributed by atoms with van der Waals surface area (Å²) in [6, 6.07) is 13.0. The van der Waals surface area contributed by atoms with Crippen molar-refractivity contribution < 1.29 is 4.79 Å². The number of hydrogen-bond acceptors (Lipinski definition) is 1. The van der Waals surface area contributed by atoms with E-state index in [1.807, 2.05) is 43.5 Å². The van der Waals surface area contributed by atoms with E-state index in [9.17, 15) is 4.79 Å². The van der Waals surface area contributed by atoms with E-state index >= 15 is 0 Å². The first-order chi connectivity index (χ1) is 9.63.